The zero-order valence-electron chi connectivity index (χ0n) is 58.9. The molecule has 0 aromatic carbocycles. The van der Waals surface area contributed by atoms with Gasteiger partial charge in [-0.2, -0.15) is 0 Å². The summed E-state index contributed by atoms with van der Waals surface area (Å²) in [6.45, 7) is -6.40. The van der Waals surface area contributed by atoms with Crippen LogP contribution >= 0.6 is 0 Å². The number of rotatable bonds is 62. The van der Waals surface area contributed by atoms with Gasteiger partial charge in [0.15, 0.2) is 0 Å². The second-order valence-corrected chi connectivity index (χ2v) is 24.2. The molecule has 0 radical (unpaired) electrons. The summed E-state index contributed by atoms with van der Waals surface area (Å²) in [5.41, 5.74) is 5.37. The summed E-state index contributed by atoms with van der Waals surface area (Å²) in [6.07, 6.45) is -28.4. The molecule has 0 aliphatic carbocycles. The van der Waals surface area contributed by atoms with E-state index in [-0.39, 0.29) is 125 Å². The fraction of sp³-hybridized carbons (Fsp3) is 0.883. The van der Waals surface area contributed by atoms with Gasteiger partial charge in [0.25, 0.3) is 0 Å². The average molecular weight is 1490 g/mol. The van der Waals surface area contributed by atoms with Crippen LogP contribution in [-0.2, 0) is 62.0 Å². The Morgan fingerprint density at radius 2 is 0.667 bits per heavy atom. The smallest absolute Gasteiger partial charge is 0.245 e. The predicted molar refractivity (Wildman–Crippen MR) is 352 cm³/mol. The number of hydrogen-bond donors (Lipinski definition) is 22. The van der Waals surface area contributed by atoms with E-state index in [4.69, 9.17) is 44.4 Å². The Kier molecular flexibility index (Phi) is 53.0. The highest BCUT2D eigenvalue weighted by Crippen LogP contribution is 2.15. The minimum Gasteiger partial charge on any atom is -0.396 e. The number of aliphatic hydroxyl groups excluding tert-OH is 19. The molecule has 600 valence electrons. The normalized spacial score (nSPS) is 16.6. The van der Waals surface area contributed by atoms with Crippen molar-refractivity contribution in [3.05, 3.63) is 0 Å². The van der Waals surface area contributed by atoms with E-state index >= 15 is 0 Å². The molecule has 0 rings (SSSR count). The number of nitrogens with zero attached hydrogens (tertiary/aromatic N) is 7. The number of aliphatic hydroxyl groups is 19. The molecule has 0 aliphatic heterocycles. The lowest BCUT2D eigenvalue weighted by Crippen LogP contribution is -2.53. The molecule has 0 saturated heterocycles. The van der Waals surface area contributed by atoms with E-state index in [0.29, 0.717) is 0 Å². The number of carbonyl (C=O) groups excluding carboxylic acids is 7. The van der Waals surface area contributed by atoms with E-state index in [1.807, 2.05) is 0 Å². The van der Waals surface area contributed by atoms with Gasteiger partial charge in [0.2, 0.25) is 41.4 Å². The Bertz CT molecular complexity index is 2260. The first-order valence-corrected chi connectivity index (χ1v) is 33.2. The molecule has 0 heterocycles. The molecule has 1 unspecified atom stereocenters. The van der Waals surface area contributed by atoms with E-state index in [0.717, 1.165) is 24.5 Å². The zero-order chi connectivity index (χ0) is 77.6. The number of carbonyl (C=O) groups is 7. The topological polar surface area (TPSA) is 632 Å². The van der Waals surface area contributed by atoms with E-state index in [2.05, 4.69) is 10.6 Å². The van der Waals surface area contributed by atoms with Gasteiger partial charge in [-0.3, -0.25) is 43.4 Å². The highest BCUT2D eigenvalue weighted by atomic mass is 16.6. The Morgan fingerprint density at radius 3 is 1.04 bits per heavy atom. The van der Waals surface area contributed by atoms with Crippen molar-refractivity contribution in [1.82, 2.24) is 44.9 Å². The molecule has 42 nitrogen and oxygen atoms in total. The number of nitrogens with one attached hydrogen (secondary N) is 2. The summed E-state index contributed by atoms with van der Waals surface area (Å²) in [4.78, 5) is 99.2. The van der Waals surface area contributed by atoms with Crippen molar-refractivity contribution in [3.8, 4) is 0 Å². The fourth-order valence-electron chi connectivity index (χ4n) is 9.24. The van der Waals surface area contributed by atoms with Crippen molar-refractivity contribution in [1.29, 1.82) is 0 Å². The molecule has 0 aromatic heterocycles. The lowest BCUT2D eigenvalue weighted by molar-refractivity contribution is -0.144. The summed E-state index contributed by atoms with van der Waals surface area (Å²) in [6, 6.07) is -1.46. The van der Waals surface area contributed by atoms with Crippen LogP contribution in [0.1, 0.15) is 19.3 Å². The van der Waals surface area contributed by atoms with Gasteiger partial charge in [-0.25, -0.2) is 0 Å². The highest BCUT2D eigenvalue weighted by molar-refractivity contribution is 5.93. The van der Waals surface area contributed by atoms with Crippen molar-refractivity contribution in [2.45, 2.75) is 117 Å². The van der Waals surface area contributed by atoms with Crippen LogP contribution in [0.15, 0.2) is 0 Å². The number of ether oxygens (including phenoxy) is 6. The molecule has 0 saturated carbocycles. The van der Waals surface area contributed by atoms with E-state index in [1.54, 1.807) is 0 Å². The average Bonchev–Trinajstić information content (AvgIpc) is 0.877. The molecule has 0 fully saturated rings. The second-order valence-electron chi connectivity index (χ2n) is 24.2. The van der Waals surface area contributed by atoms with Crippen LogP contribution in [0, 0.1) is 0 Å². The van der Waals surface area contributed by atoms with Crippen molar-refractivity contribution in [2.75, 3.05) is 226 Å². The Balaban J connectivity index is 5.07. The van der Waals surface area contributed by atoms with Crippen LogP contribution in [0.25, 0.3) is 0 Å². The molecule has 7 amide bonds. The molecule has 42 heteroatoms. The second kappa shape index (κ2) is 55.6. The van der Waals surface area contributed by atoms with Crippen LogP contribution in [0.4, 0.5) is 0 Å². The fourth-order valence-corrected chi connectivity index (χ4v) is 9.24. The third-order valence-corrected chi connectivity index (χ3v) is 15.7. The number of nitrogens with two attached hydrogens (primary N) is 1. The van der Waals surface area contributed by atoms with Gasteiger partial charge in [-0.15, -0.1) is 0 Å². The molecule has 0 spiro atoms. The van der Waals surface area contributed by atoms with Crippen molar-refractivity contribution < 1.29 is 159 Å². The van der Waals surface area contributed by atoms with Crippen LogP contribution in [-0.4, -0.2) is 496 Å². The Hall–Kier alpha value is -4.83. The minimum absolute atomic E-state index is 0.0237. The SMILES string of the molecule is CN(CC(=O)NCCOCCOCCOCCOCCOCCOCCN(C[C@H](O)[C@@H](O)[C@H](O)[C@H](O)CO)C[C@H](O)[C@@H](O)[C@H](O)[C@H](O)CO)C(=O)CN(C)C(=O)CN(C)C(=O)C(CCCN(C[C@H](O)[C@@H](O)[C@H](O)[C@H](O)CO)C[C@H](O)[C@@H](O)[C@H](O)CCO)NC(=O)CN(C)C(=O)CN(C)C(=O)CN. The molecule has 23 N–H and O–H groups in total. The number of hydrogen-bond acceptors (Lipinski definition) is 35. The van der Waals surface area contributed by atoms with Gasteiger partial charge in [-0.1, -0.05) is 0 Å². The first-order valence-electron chi connectivity index (χ1n) is 33.2. The number of likely N-dealkylation sites (N-methyl/N-ethyl adjacent to an activating group) is 5. The maximum Gasteiger partial charge on any atom is 0.245 e. The largest absolute Gasteiger partial charge is 0.396 e. The van der Waals surface area contributed by atoms with E-state index in [9.17, 15) is 120 Å². The maximum absolute atomic E-state index is 14.1. The third-order valence-electron chi connectivity index (χ3n) is 15.7. The number of amides is 7. The monoisotopic (exact) mass is 1490 g/mol. The lowest BCUT2D eigenvalue weighted by Gasteiger charge is -2.33. The maximum atomic E-state index is 14.1. The van der Waals surface area contributed by atoms with Crippen LogP contribution in [0.3, 0.4) is 0 Å². The Morgan fingerprint density at radius 1 is 0.353 bits per heavy atom. The standard InChI is InChI=1S/C60H118N10O32/c1-64(30-47(83)62-9-13-97-15-17-99-19-21-101-23-24-102-22-20-100-18-16-98-14-11-70(28-42(78)55(91)58(94)45(81)36-73)29-43(79)56(92)59(95)46(82)37-74)51(87)33-67(4)52(88)34-68(5)60(96)38(63-48(84)31-65(2)50(86)32-66(3)49(85)25-61)7-6-10-69(26-40(76)53(89)39(75)8-12-71)27-41(77)54(90)57(93)44(80)35-72/h38-46,53-59,71-82,89-95H,6-37,61H2,1-5H3,(H,62,83)(H,63,84)/t38?,39-,40+,41+,42+,43+,44-,45-,46-,53+,54-,55-,56-,57-,58-,59-/m1/s1. The quantitative estimate of drug-likeness (QED) is 0.0251. The molecule has 0 aromatic rings. The van der Waals surface area contributed by atoms with Gasteiger partial charge in [0, 0.05) is 81.1 Å². The first kappa shape index (κ1) is 97.2. The summed E-state index contributed by atoms with van der Waals surface area (Å²) in [5.74, 6) is -4.93. The van der Waals surface area contributed by atoms with E-state index in [1.165, 1.54) is 45.0 Å². The first-order chi connectivity index (χ1) is 48.1. The summed E-state index contributed by atoms with van der Waals surface area (Å²) >= 11 is 0. The molecule has 16 atom stereocenters. The molecule has 0 aliphatic rings. The van der Waals surface area contributed by atoms with Crippen LogP contribution < -0.4 is 16.4 Å². The lowest BCUT2D eigenvalue weighted by atomic mass is 10.0. The highest BCUT2D eigenvalue weighted by Gasteiger charge is 2.37. The van der Waals surface area contributed by atoms with Gasteiger partial charge in [-0.05, 0) is 25.8 Å². The van der Waals surface area contributed by atoms with Gasteiger partial charge >= 0.3 is 0 Å². The summed E-state index contributed by atoms with van der Waals surface area (Å²) in [5, 5.41) is 195. The van der Waals surface area contributed by atoms with Gasteiger partial charge < -0.3 is 166 Å². The Labute approximate surface area is 592 Å². The third kappa shape index (κ3) is 40.6. The van der Waals surface area contributed by atoms with Crippen LogP contribution in [0.5, 0.6) is 0 Å². The molecule has 0 bridgehead atoms. The van der Waals surface area contributed by atoms with Gasteiger partial charge in [0.05, 0.1) is 169 Å². The predicted octanol–water partition coefficient (Wildman–Crippen LogP) is -15.9. The van der Waals surface area contributed by atoms with Crippen molar-refractivity contribution >= 4 is 41.4 Å². The minimum atomic E-state index is -2.06. The summed E-state index contributed by atoms with van der Waals surface area (Å²) < 4.78 is 32.9. The zero-order valence-corrected chi connectivity index (χ0v) is 58.9. The van der Waals surface area contributed by atoms with Crippen LogP contribution in [0.2, 0.25) is 0 Å². The molecular formula is C60H118N10O32. The van der Waals surface area contributed by atoms with Gasteiger partial charge in [0.1, 0.15) is 67.1 Å². The van der Waals surface area contributed by atoms with E-state index < -0.39 is 224 Å². The van der Waals surface area contributed by atoms with Crippen molar-refractivity contribution in [2.24, 2.45) is 5.73 Å². The molecular weight excluding hydrogens is 1370 g/mol. The van der Waals surface area contributed by atoms with Crippen molar-refractivity contribution in [3.63, 3.8) is 0 Å². The molecule has 102 heavy (non-hydrogen) atoms. The summed E-state index contributed by atoms with van der Waals surface area (Å²) in [7, 11) is 6.39.